The first kappa shape index (κ1) is 13.7. The smallest absolute Gasteiger partial charge is 0.256 e. The fourth-order valence-electron chi connectivity index (χ4n) is 1.79. The van der Waals surface area contributed by atoms with Gasteiger partial charge in [0, 0.05) is 13.1 Å². The van der Waals surface area contributed by atoms with Gasteiger partial charge in [0.15, 0.2) is 6.10 Å². The normalized spacial score (nSPS) is 12.3. The molecule has 17 heavy (non-hydrogen) atoms. The summed E-state index contributed by atoms with van der Waals surface area (Å²) in [5, 5.41) is 10.0. The van der Waals surface area contributed by atoms with E-state index in [0.717, 1.165) is 11.1 Å². The maximum Gasteiger partial charge on any atom is 0.256 e. The zero-order chi connectivity index (χ0) is 13.0. The van der Waals surface area contributed by atoms with Crippen LogP contribution in [0, 0.1) is 13.8 Å². The van der Waals surface area contributed by atoms with Crippen LogP contribution in [0.15, 0.2) is 18.2 Å². The molecule has 0 aliphatic rings. The van der Waals surface area contributed by atoms with Crippen molar-refractivity contribution in [3.63, 3.8) is 0 Å². The van der Waals surface area contributed by atoms with Gasteiger partial charge in [0.2, 0.25) is 0 Å². The molecule has 3 heteroatoms. The van der Waals surface area contributed by atoms with Crippen LogP contribution in [0.4, 0.5) is 0 Å². The standard InChI is InChI=1S/C14H21NO2/c1-5-15(6-2)14(17)13(16)12-8-7-10(3)11(4)9-12/h7-9,13,16H,5-6H2,1-4H3. The molecule has 0 heterocycles. The second kappa shape index (κ2) is 5.82. The lowest BCUT2D eigenvalue weighted by Gasteiger charge is -2.22. The molecule has 0 aliphatic heterocycles. The quantitative estimate of drug-likeness (QED) is 0.869. The summed E-state index contributed by atoms with van der Waals surface area (Å²) < 4.78 is 0. The number of hydrogen-bond acceptors (Lipinski definition) is 2. The van der Waals surface area contributed by atoms with Crippen LogP contribution in [-0.4, -0.2) is 29.0 Å². The van der Waals surface area contributed by atoms with E-state index < -0.39 is 6.10 Å². The summed E-state index contributed by atoms with van der Waals surface area (Å²) in [5.41, 5.74) is 2.93. The predicted molar refractivity (Wildman–Crippen MR) is 68.8 cm³/mol. The molecule has 94 valence electrons. The van der Waals surface area contributed by atoms with E-state index >= 15 is 0 Å². The van der Waals surface area contributed by atoms with Gasteiger partial charge >= 0.3 is 0 Å². The van der Waals surface area contributed by atoms with Crippen molar-refractivity contribution in [2.45, 2.75) is 33.8 Å². The van der Waals surface area contributed by atoms with E-state index in [0.29, 0.717) is 18.7 Å². The van der Waals surface area contributed by atoms with E-state index in [1.165, 1.54) is 0 Å². The zero-order valence-electron chi connectivity index (χ0n) is 11.0. The van der Waals surface area contributed by atoms with Gasteiger partial charge in [-0.25, -0.2) is 0 Å². The number of likely N-dealkylation sites (N-methyl/N-ethyl adjacent to an activating group) is 1. The molecule has 0 radical (unpaired) electrons. The van der Waals surface area contributed by atoms with Crippen LogP contribution < -0.4 is 0 Å². The van der Waals surface area contributed by atoms with Gasteiger partial charge in [0.25, 0.3) is 5.91 Å². The van der Waals surface area contributed by atoms with Crippen LogP contribution in [0.25, 0.3) is 0 Å². The molecule has 0 spiro atoms. The molecular formula is C14H21NO2. The SMILES string of the molecule is CCN(CC)C(=O)C(O)c1ccc(C)c(C)c1. The van der Waals surface area contributed by atoms with Crippen molar-refractivity contribution in [3.05, 3.63) is 34.9 Å². The number of rotatable bonds is 4. The Hall–Kier alpha value is -1.35. The summed E-state index contributed by atoms with van der Waals surface area (Å²) >= 11 is 0. The number of hydrogen-bond donors (Lipinski definition) is 1. The minimum Gasteiger partial charge on any atom is -0.378 e. The van der Waals surface area contributed by atoms with Crippen molar-refractivity contribution >= 4 is 5.91 Å². The van der Waals surface area contributed by atoms with Gasteiger partial charge in [-0.3, -0.25) is 4.79 Å². The number of carbonyl (C=O) groups is 1. The van der Waals surface area contributed by atoms with E-state index in [4.69, 9.17) is 0 Å². The lowest BCUT2D eigenvalue weighted by molar-refractivity contribution is -0.140. The number of benzene rings is 1. The molecule has 1 rings (SSSR count). The number of aliphatic hydroxyl groups is 1. The Bertz CT molecular complexity index is 397. The number of aryl methyl sites for hydroxylation is 2. The number of nitrogens with zero attached hydrogens (tertiary/aromatic N) is 1. The van der Waals surface area contributed by atoms with Gasteiger partial charge in [-0.1, -0.05) is 18.2 Å². The number of carbonyl (C=O) groups excluding carboxylic acids is 1. The summed E-state index contributed by atoms with van der Waals surface area (Å²) in [5.74, 6) is -0.224. The van der Waals surface area contributed by atoms with E-state index in [-0.39, 0.29) is 5.91 Å². The first-order valence-corrected chi connectivity index (χ1v) is 6.05. The summed E-state index contributed by atoms with van der Waals surface area (Å²) in [6, 6.07) is 5.62. The first-order chi connectivity index (χ1) is 8.01. The second-order valence-electron chi connectivity index (χ2n) is 4.26. The third-order valence-electron chi connectivity index (χ3n) is 3.16. The molecule has 0 saturated heterocycles. The molecule has 0 aromatic heterocycles. The topological polar surface area (TPSA) is 40.5 Å². The van der Waals surface area contributed by atoms with Crippen LogP contribution in [0.1, 0.15) is 36.6 Å². The Morgan fingerprint density at radius 3 is 2.29 bits per heavy atom. The summed E-state index contributed by atoms with van der Waals surface area (Å²) in [6.45, 7) is 9.06. The minimum atomic E-state index is -1.05. The Morgan fingerprint density at radius 1 is 1.24 bits per heavy atom. The van der Waals surface area contributed by atoms with Crippen LogP contribution >= 0.6 is 0 Å². The maximum atomic E-state index is 12.0. The van der Waals surface area contributed by atoms with Crippen molar-refractivity contribution in [2.75, 3.05) is 13.1 Å². The zero-order valence-corrected chi connectivity index (χ0v) is 11.0. The van der Waals surface area contributed by atoms with Crippen LogP contribution in [0.5, 0.6) is 0 Å². The average Bonchev–Trinajstić information content (AvgIpc) is 2.33. The fourth-order valence-corrected chi connectivity index (χ4v) is 1.79. The third-order valence-corrected chi connectivity index (χ3v) is 3.16. The van der Waals surface area contributed by atoms with Crippen molar-refractivity contribution in [3.8, 4) is 0 Å². The van der Waals surface area contributed by atoms with Gasteiger partial charge < -0.3 is 10.0 Å². The number of amides is 1. The lowest BCUT2D eigenvalue weighted by Crippen LogP contribution is -2.34. The highest BCUT2D eigenvalue weighted by Crippen LogP contribution is 2.19. The monoisotopic (exact) mass is 235 g/mol. The Kier molecular flexibility index (Phi) is 4.70. The molecule has 0 aliphatic carbocycles. The molecule has 1 amide bonds. The molecule has 1 N–H and O–H groups in total. The van der Waals surface area contributed by atoms with Crippen molar-refractivity contribution < 1.29 is 9.90 Å². The molecule has 1 atom stereocenters. The van der Waals surface area contributed by atoms with Crippen LogP contribution in [-0.2, 0) is 4.79 Å². The highest BCUT2D eigenvalue weighted by Gasteiger charge is 2.21. The summed E-state index contributed by atoms with van der Waals surface area (Å²) in [4.78, 5) is 13.6. The Labute approximate surface area is 103 Å². The van der Waals surface area contributed by atoms with Gasteiger partial charge in [0.1, 0.15) is 0 Å². The maximum absolute atomic E-state index is 12.0. The van der Waals surface area contributed by atoms with Gasteiger partial charge in [-0.15, -0.1) is 0 Å². The van der Waals surface area contributed by atoms with E-state index in [1.54, 1.807) is 4.90 Å². The van der Waals surface area contributed by atoms with E-state index in [9.17, 15) is 9.90 Å². The van der Waals surface area contributed by atoms with Gasteiger partial charge in [0.05, 0.1) is 0 Å². The highest BCUT2D eigenvalue weighted by molar-refractivity contribution is 5.82. The molecule has 1 aromatic rings. The second-order valence-corrected chi connectivity index (χ2v) is 4.26. The summed E-state index contributed by atoms with van der Waals surface area (Å²) in [7, 11) is 0. The summed E-state index contributed by atoms with van der Waals surface area (Å²) in [6.07, 6.45) is -1.05. The molecule has 3 nitrogen and oxygen atoms in total. The average molecular weight is 235 g/mol. The van der Waals surface area contributed by atoms with E-state index in [1.807, 2.05) is 45.9 Å². The minimum absolute atomic E-state index is 0.224. The molecule has 0 bridgehead atoms. The van der Waals surface area contributed by atoms with Gasteiger partial charge in [-0.05, 0) is 44.4 Å². The van der Waals surface area contributed by atoms with E-state index in [2.05, 4.69) is 0 Å². The van der Waals surface area contributed by atoms with Crippen LogP contribution in [0.3, 0.4) is 0 Å². The molecule has 0 fully saturated rings. The van der Waals surface area contributed by atoms with Crippen molar-refractivity contribution in [1.82, 2.24) is 4.90 Å². The Morgan fingerprint density at radius 2 is 1.82 bits per heavy atom. The molecule has 1 unspecified atom stereocenters. The predicted octanol–water partition coefficient (Wildman–Crippen LogP) is 2.21. The van der Waals surface area contributed by atoms with Crippen LogP contribution in [0.2, 0.25) is 0 Å². The largest absolute Gasteiger partial charge is 0.378 e. The molecule has 0 saturated carbocycles. The Balaban J connectivity index is 2.92. The number of aliphatic hydroxyl groups excluding tert-OH is 1. The lowest BCUT2D eigenvalue weighted by atomic mass is 10.0. The third kappa shape index (κ3) is 3.07. The fraction of sp³-hybridized carbons (Fsp3) is 0.500. The van der Waals surface area contributed by atoms with Gasteiger partial charge in [-0.2, -0.15) is 0 Å². The highest BCUT2D eigenvalue weighted by atomic mass is 16.3. The van der Waals surface area contributed by atoms with Crippen molar-refractivity contribution in [1.29, 1.82) is 0 Å². The first-order valence-electron chi connectivity index (χ1n) is 6.05. The molecule has 1 aromatic carbocycles. The van der Waals surface area contributed by atoms with Crippen molar-refractivity contribution in [2.24, 2.45) is 0 Å². The molecular weight excluding hydrogens is 214 g/mol.